The molecule has 0 unspecified atom stereocenters. The van der Waals surface area contributed by atoms with Gasteiger partial charge < -0.3 is 0 Å². The molecular formula is C39H28Zr. The Morgan fingerprint density at radius 2 is 1.23 bits per heavy atom. The molecule has 188 valence electrons. The van der Waals surface area contributed by atoms with Gasteiger partial charge in [-0.2, -0.15) is 0 Å². The summed E-state index contributed by atoms with van der Waals surface area (Å²) in [7, 11) is 0. The van der Waals surface area contributed by atoms with E-state index in [9.17, 15) is 0 Å². The number of benzene rings is 6. The monoisotopic (exact) mass is 586 g/mol. The Labute approximate surface area is 243 Å². The fraction of sp³-hybridized carbons (Fsp3) is 0.0513. The standard InChI is InChI=1S/C21H13.C13H10.C5H5.Zr/c1-2-8-15-14(7-1)13-20-18-11-4-3-9-16(18)17-10-5-6-12-19(17)21(15)20;1-3-7-12(8-4-1)11-13-9-5-2-6-10-13;1-2-4-5-3-1;/h1-10,12H,13H2;1-10H;1-3H,4H2;. The van der Waals surface area contributed by atoms with Gasteiger partial charge in [-0.1, -0.05) is 0 Å². The predicted octanol–water partition coefficient (Wildman–Crippen LogP) is 8.92. The average molecular weight is 588 g/mol. The summed E-state index contributed by atoms with van der Waals surface area (Å²) < 4.78 is 4.82. The number of rotatable bonds is 4. The quantitative estimate of drug-likeness (QED) is 0.180. The third-order valence-corrected chi connectivity index (χ3v) is 16.0. The third kappa shape index (κ3) is 3.80. The van der Waals surface area contributed by atoms with Gasteiger partial charge in [-0.15, -0.1) is 0 Å². The van der Waals surface area contributed by atoms with E-state index in [4.69, 9.17) is 0 Å². The zero-order chi connectivity index (χ0) is 26.5. The van der Waals surface area contributed by atoms with Crippen LogP contribution in [-0.4, -0.2) is 3.21 Å². The Balaban J connectivity index is 1.56. The normalized spacial score (nSPS) is 13.3. The molecule has 40 heavy (non-hydrogen) atoms. The van der Waals surface area contributed by atoms with Crippen molar-refractivity contribution in [1.29, 1.82) is 0 Å². The van der Waals surface area contributed by atoms with E-state index in [0.29, 0.717) is 0 Å². The second-order valence-corrected chi connectivity index (χ2v) is 16.7. The second-order valence-electron chi connectivity index (χ2n) is 10.8. The van der Waals surface area contributed by atoms with E-state index in [1.807, 2.05) is 0 Å². The molecule has 6 aromatic rings. The molecule has 0 saturated carbocycles. The average Bonchev–Trinajstić information content (AvgIpc) is 3.69. The molecule has 8 rings (SSSR count). The molecule has 0 radical (unpaired) electrons. The van der Waals surface area contributed by atoms with Crippen LogP contribution in [0.15, 0.2) is 149 Å². The van der Waals surface area contributed by atoms with Crippen molar-refractivity contribution >= 4 is 28.0 Å². The Kier molecular flexibility index (Phi) is 5.93. The van der Waals surface area contributed by atoms with Crippen LogP contribution < -0.4 is 3.27 Å². The summed E-state index contributed by atoms with van der Waals surface area (Å²) in [5.41, 5.74) is 8.58. The first-order valence-electron chi connectivity index (χ1n) is 14.1. The molecule has 0 saturated heterocycles. The summed E-state index contributed by atoms with van der Waals surface area (Å²) in [4.78, 5) is 0. The van der Waals surface area contributed by atoms with Crippen molar-refractivity contribution in [2.24, 2.45) is 0 Å². The summed E-state index contributed by atoms with van der Waals surface area (Å²) >= 11 is -2.69. The molecule has 2 aliphatic rings. The number of fused-ring (bicyclic) bond motifs is 8. The summed E-state index contributed by atoms with van der Waals surface area (Å²) in [6.45, 7) is 0. The van der Waals surface area contributed by atoms with E-state index in [1.54, 1.807) is 9.76 Å². The molecule has 0 atom stereocenters. The van der Waals surface area contributed by atoms with E-state index in [1.165, 1.54) is 54.9 Å². The molecule has 6 aromatic carbocycles. The van der Waals surface area contributed by atoms with Gasteiger partial charge in [0.2, 0.25) is 0 Å². The van der Waals surface area contributed by atoms with Crippen molar-refractivity contribution in [3.63, 3.8) is 0 Å². The Morgan fingerprint density at radius 3 is 1.95 bits per heavy atom. The topological polar surface area (TPSA) is 0 Å². The second kappa shape index (κ2) is 9.92. The van der Waals surface area contributed by atoms with Gasteiger partial charge >= 0.3 is 244 Å². The van der Waals surface area contributed by atoms with Crippen LogP contribution in [0.25, 0.3) is 32.7 Å². The first-order chi connectivity index (χ1) is 19.9. The maximum atomic E-state index is 2.49. The van der Waals surface area contributed by atoms with E-state index in [-0.39, 0.29) is 0 Å². The Morgan fingerprint density at radius 1 is 0.575 bits per heavy atom. The van der Waals surface area contributed by atoms with Gasteiger partial charge in [0, 0.05) is 0 Å². The molecule has 1 heteroatoms. The van der Waals surface area contributed by atoms with Crippen molar-refractivity contribution < 1.29 is 21.3 Å². The first kappa shape index (κ1) is 23.9. The van der Waals surface area contributed by atoms with E-state index < -0.39 is 21.3 Å². The Bertz CT molecular complexity index is 1980. The fourth-order valence-corrected chi connectivity index (χ4v) is 14.8. The van der Waals surface area contributed by atoms with Crippen LogP contribution in [0, 0.1) is 0 Å². The van der Waals surface area contributed by atoms with Crippen LogP contribution in [0.1, 0.15) is 28.7 Å². The van der Waals surface area contributed by atoms with Gasteiger partial charge in [0.15, 0.2) is 0 Å². The van der Waals surface area contributed by atoms with Crippen molar-refractivity contribution in [2.75, 3.05) is 0 Å². The molecule has 0 fully saturated rings. The molecule has 0 aromatic heterocycles. The molecule has 0 amide bonds. The summed E-state index contributed by atoms with van der Waals surface area (Å²) in [6.07, 6.45) is 9.14. The van der Waals surface area contributed by atoms with Crippen LogP contribution >= 0.6 is 0 Å². The van der Waals surface area contributed by atoms with Crippen LogP contribution in [0.3, 0.4) is 0 Å². The van der Waals surface area contributed by atoms with Crippen molar-refractivity contribution in [2.45, 2.75) is 12.8 Å². The van der Waals surface area contributed by atoms with Gasteiger partial charge in [-0.25, -0.2) is 0 Å². The van der Waals surface area contributed by atoms with Gasteiger partial charge in [0.1, 0.15) is 0 Å². The van der Waals surface area contributed by atoms with Crippen LogP contribution in [0.2, 0.25) is 0 Å². The SMILES string of the molecule is C1=CC[C]([Zr](=[C](c2ccccc2)c2ccccc2)[c]2cccc3c2c2c(c4ccccc43)-c3ccccc3C2)=C1. The van der Waals surface area contributed by atoms with Crippen molar-refractivity contribution in [3.8, 4) is 11.1 Å². The van der Waals surface area contributed by atoms with Crippen LogP contribution in [-0.2, 0) is 27.7 Å². The minimum absolute atomic E-state index is 1.00. The van der Waals surface area contributed by atoms with Crippen LogP contribution in [0.4, 0.5) is 0 Å². The molecule has 0 N–H and O–H groups in total. The number of hydrogen-bond acceptors (Lipinski definition) is 0. The summed E-state index contributed by atoms with van der Waals surface area (Å²) in [6, 6.07) is 47.7. The zero-order valence-corrected chi connectivity index (χ0v) is 24.7. The van der Waals surface area contributed by atoms with Gasteiger partial charge in [-0.3, -0.25) is 0 Å². The van der Waals surface area contributed by atoms with E-state index >= 15 is 0 Å². The number of hydrogen-bond donors (Lipinski definition) is 0. The van der Waals surface area contributed by atoms with Crippen molar-refractivity contribution in [3.05, 3.63) is 171 Å². The Hall–Kier alpha value is -3.93. The van der Waals surface area contributed by atoms with Crippen LogP contribution in [0.5, 0.6) is 0 Å². The third-order valence-electron chi connectivity index (χ3n) is 8.55. The molecule has 0 aliphatic heterocycles. The first-order valence-corrected chi connectivity index (χ1v) is 17.8. The molecule has 0 heterocycles. The van der Waals surface area contributed by atoms with Gasteiger partial charge in [-0.05, 0) is 0 Å². The van der Waals surface area contributed by atoms with E-state index in [0.717, 1.165) is 12.8 Å². The van der Waals surface area contributed by atoms with Gasteiger partial charge in [0.05, 0.1) is 0 Å². The molecule has 0 nitrogen and oxygen atoms in total. The molecule has 0 spiro atoms. The fourth-order valence-electron chi connectivity index (χ4n) is 6.89. The number of allylic oxidation sites excluding steroid dienone is 4. The summed E-state index contributed by atoms with van der Waals surface area (Å²) in [5, 5.41) is 5.68. The predicted molar refractivity (Wildman–Crippen MR) is 167 cm³/mol. The van der Waals surface area contributed by atoms with E-state index in [2.05, 4.69) is 146 Å². The molecule has 0 bridgehead atoms. The minimum atomic E-state index is -2.69. The van der Waals surface area contributed by atoms with Gasteiger partial charge in [0.25, 0.3) is 0 Å². The van der Waals surface area contributed by atoms with Crippen molar-refractivity contribution in [1.82, 2.24) is 0 Å². The molecule has 2 aliphatic carbocycles. The zero-order valence-electron chi connectivity index (χ0n) is 22.3. The maximum absolute atomic E-state index is 2.69. The summed E-state index contributed by atoms with van der Waals surface area (Å²) in [5.74, 6) is 0. The molecular weight excluding hydrogens is 560 g/mol.